The van der Waals surface area contributed by atoms with Crippen molar-refractivity contribution in [3.8, 4) is 0 Å². The molecule has 0 amide bonds. The Hall–Kier alpha value is -1.22. The highest BCUT2D eigenvalue weighted by molar-refractivity contribution is 7.89. The molecule has 1 aromatic rings. The van der Waals surface area contributed by atoms with Crippen LogP contribution in [0.25, 0.3) is 0 Å². The lowest BCUT2D eigenvalue weighted by Crippen LogP contribution is -2.36. The van der Waals surface area contributed by atoms with Crippen molar-refractivity contribution < 1.29 is 18.3 Å². The number of aliphatic hydroxyl groups excluding tert-OH is 1. The van der Waals surface area contributed by atoms with Gasteiger partial charge < -0.3 is 15.6 Å². The molecule has 0 bridgehead atoms. The van der Waals surface area contributed by atoms with Gasteiger partial charge >= 0.3 is 0 Å². The van der Waals surface area contributed by atoms with E-state index in [1.54, 1.807) is 0 Å². The molecule has 0 fully saturated rings. The zero-order chi connectivity index (χ0) is 13.6. The number of nitrogens with zero attached hydrogens (tertiary/aromatic N) is 2. The van der Waals surface area contributed by atoms with Crippen molar-refractivity contribution in [2.45, 2.75) is 4.90 Å². The fourth-order valence-electron chi connectivity index (χ4n) is 1.39. The van der Waals surface area contributed by atoms with E-state index in [9.17, 15) is 8.42 Å². The predicted molar refractivity (Wildman–Crippen MR) is 66.4 cm³/mol. The van der Waals surface area contributed by atoms with Crippen molar-refractivity contribution in [3.63, 3.8) is 0 Å². The molecule has 0 aliphatic carbocycles. The number of nitrogen functional groups attached to an aromatic ring is 1. The molecule has 1 heterocycles. The van der Waals surface area contributed by atoms with Crippen molar-refractivity contribution in [2.24, 2.45) is 0 Å². The van der Waals surface area contributed by atoms with Gasteiger partial charge in [-0.1, -0.05) is 0 Å². The first-order valence-corrected chi connectivity index (χ1v) is 6.78. The maximum absolute atomic E-state index is 12.3. The van der Waals surface area contributed by atoms with Crippen molar-refractivity contribution >= 4 is 15.8 Å². The maximum atomic E-state index is 12.3. The molecular formula is C10H17N3O4S. The van der Waals surface area contributed by atoms with Crippen LogP contribution in [-0.4, -0.2) is 56.2 Å². The van der Waals surface area contributed by atoms with Crippen LogP contribution in [0.3, 0.4) is 0 Å². The van der Waals surface area contributed by atoms with E-state index in [-0.39, 0.29) is 37.0 Å². The van der Waals surface area contributed by atoms with Crippen molar-refractivity contribution in [2.75, 3.05) is 39.1 Å². The Morgan fingerprint density at radius 3 is 2.78 bits per heavy atom. The quantitative estimate of drug-likeness (QED) is 0.681. The Bertz CT molecular complexity index is 478. The molecule has 7 nitrogen and oxygen atoms in total. The number of anilines is 1. The minimum atomic E-state index is -3.68. The maximum Gasteiger partial charge on any atom is 0.243 e. The molecule has 8 heteroatoms. The molecule has 0 radical (unpaired) electrons. The van der Waals surface area contributed by atoms with E-state index in [2.05, 4.69) is 4.98 Å². The van der Waals surface area contributed by atoms with E-state index >= 15 is 0 Å². The van der Waals surface area contributed by atoms with Crippen molar-refractivity contribution in [3.05, 3.63) is 18.3 Å². The Labute approximate surface area is 106 Å². The van der Waals surface area contributed by atoms with Gasteiger partial charge in [0.1, 0.15) is 5.82 Å². The van der Waals surface area contributed by atoms with Gasteiger partial charge in [-0.15, -0.1) is 0 Å². The average Bonchev–Trinajstić information content (AvgIpc) is 2.34. The summed E-state index contributed by atoms with van der Waals surface area (Å²) in [6.07, 6.45) is 1.33. The molecule has 0 aromatic carbocycles. The molecule has 0 aliphatic rings. The Balaban J connectivity index is 3.00. The Morgan fingerprint density at radius 2 is 2.22 bits per heavy atom. The van der Waals surface area contributed by atoms with Gasteiger partial charge in [0, 0.05) is 32.5 Å². The summed E-state index contributed by atoms with van der Waals surface area (Å²) in [6.45, 7) is 0.166. The molecule has 18 heavy (non-hydrogen) atoms. The minimum absolute atomic E-state index is 0.00786. The number of nitrogens with two attached hydrogens (primary N) is 1. The number of pyridine rings is 1. The van der Waals surface area contributed by atoms with Crippen LogP contribution in [0.5, 0.6) is 0 Å². The number of rotatable bonds is 7. The molecular weight excluding hydrogens is 258 g/mol. The number of ether oxygens (including phenoxy) is 1. The monoisotopic (exact) mass is 275 g/mol. The minimum Gasteiger partial charge on any atom is -0.395 e. The summed E-state index contributed by atoms with van der Waals surface area (Å²) < 4.78 is 30.5. The average molecular weight is 275 g/mol. The van der Waals surface area contributed by atoms with Crippen LogP contribution >= 0.6 is 0 Å². The summed E-state index contributed by atoms with van der Waals surface area (Å²) >= 11 is 0. The highest BCUT2D eigenvalue weighted by Crippen LogP contribution is 2.16. The number of aromatic nitrogens is 1. The SMILES string of the molecule is COCCN(CCO)S(=O)(=O)c1ccnc(N)c1. The van der Waals surface area contributed by atoms with E-state index in [0.717, 1.165) is 4.31 Å². The molecule has 0 spiro atoms. The number of sulfonamides is 1. The molecule has 1 aromatic heterocycles. The zero-order valence-corrected chi connectivity index (χ0v) is 10.9. The topological polar surface area (TPSA) is 106 Å². The van der Waals surface area contributed by atoms with Gasteiger partial charge in [-0.3, -0.25) is 0 Å². The van der Waals surface area contributed by atoms with Crippen LogP contribution in [0.4, 0.5) is 5.82 Å². The van der Waals surface area contributed by atoms with Gasteiger partial charge in [-0.2, -0.15) is 4.31 Å². The molecule has 3 N–H and O–H groups in total. The smallest absolute Gasteiger partial charge is 0.243 e. The Kier molecular flexibility index (Phi) is 5.48. The van der Waals surface area contributed by atoms with Crippen molar-refractivity contribution in [1.29, 1.82) is 0 Å². The van der Waals surface area contributed by atoms with Gasteiger partial charge in [0.15, 0.2) is 0 Å². The van der Waals surface area contributed by atoms with Crippen LogP contribution in [0, 0.1) is 0 Å². The Morgan fingerprint density at radius 1 is 1.50 bits per heavy atom. The molecule has 0 atom stereocenters. The first-order chi connectivity index (χ1) is 8.52. The lowest BCUT2D eigenvalue weighted by molar-refractivity contribution is 0.168. The normalized spacial score (nSPS) is 11.9. The predicted octanol–water partition coefficient (Wildman–Crippen LogP) is -0.707. The van der Waals surface area contributed by atoms with Crippen LogP contribution in [-0.2, 0) is 14.8 Å². The lowest BCUT2D eigenvalue weighted by atomic mass is 10.5. The largest absolute Gasteiger partial charge is 0.395 e. The molecule has 0 saturated carbocycles. The first kappa shape index (κ1) is 14.8. The number of aliphatic hydroxyl groups is 1. The second-order valence-electron chi connectivity index (χ2n) is 3.54. The highest BCUT2D eigenvalue weighted by atomic mass is 32.2. The van der Waals surface area contributed by atoms with E-state index in [1.807, 2.05) is 0 Å². The van der Waals surface area contributed by atoms with Crippen LogP contribution in [0.15, 0.2) is 23.2 Å². The highest BCUT2D eigenvalue weighted by Gasteiger charge is 2.23. The summed E-state index contributed by atoms with van der Waals surface area (Å²) in [5.41, 5.74) is 5.46. The summed E-state index contributed by atoms with van der Waals surface area (Å²) in [6, 6.07) is 2.65. The fraction of sp³-hybridized carbons (Fsp3) is 0.500. The van der Waals surface area contributed by atoms with Crippen LogP contribution in [0.2, 0.25) is 0 Å². The molecule has 0 unspecified atom stereocenters. The number of methoxy groups -OCH3 is 1. The van der Waals surface area contributed by atoms with E-state index in [1.165, 1.54) is 25.4 Å². The van der Waals surface area contributed by atoms with E-state index in [0.29, 0.717) is 0 Å². The first-order valence-electron chi connectivity index (χ1n) is 5.34. The molecule has 1 rings (SSSR count). The third-order valence-corrected chi connectivity index (χ3v) is 4.18. The molecule has 0 aliphatic heterocycles. The van der Waals surface area contributed by atoms with E-state index < -0.39 is 10.0 Å². The number of hydrogen-bond acceptors (Lipinski definition) is 6. The zero-order valence-electron chi connectivity index (χ0n) is 10.1. The van der Waals surface area contributed by atoms with Gasteiger partial charge in [0.2, 0.25) is 10.0 Å². The molecule has 102 valence electrons. The summed E-state index contributed by atoms with van der Waals surface area (Å²) in [7, 11) is -2.20. The van der Waals surface area contributed by atoms with Gasteiger partial charge in [-0.05, 0) is 6.07 Å². The van der Waals surface area contributed by atoms with Crippen LogP contribution in [0.1, 0.15) is 0 Å². The summed E-state index contributed by atoms with van der Waals surface area (Å²) in [5.74, 6) is 0.131. The molecule has 0 saturated heterocycles. The third-order valence-electron chi connectivity index (χ3n) is 2.28. The van der Waals surface area contributed by atoms with Crippen LogP contribution < -0.4 is 5.73 Å². The second-order valence-corrected chi connectivity index (χ2v) is 5.47. The fourth-order valence-corrected chi connectivity index (χ4v) is 2.83. The van der Waals surface area contributed by atoms with Gasteiger partial charge in [0.25, 0.3) is 0 Å². The lowest BCUT2D eigenvalue weighted by Gasteiger charge is -2.20. The third kappa shape index (κ3) is 3.64. The van der Waals surface area contributed by atoms with Gasteiger partial charge in [-0.25, -0.2) is 13.4 Å². The standard InChI is InChI=1S/C10H17N3O4S/c1-17-7-5-13(4-6-14)18(15,16)9-2-3-12-10(11)8-9/h2-3,8,14H,4-7H2,1H3,(H2,11,12). The number of hydrogen-bond donors (Lipinski definition) is 2. The second kappa shape index (κ2) is 6.64. The summed E-state index contributed by atoms with van der Waals surface area (Å²) in [5, 5.41) is 8.92. The van der Waals surface area contributed by atoms with Crippen molar-refractivity contribution in [1.82, 2.24) is 9.29 Å². The van der Waals surface area contributed by atoms with E-state index in [4.69, 9.17) is 15.6 Å². The summed E-state index contributed by atoms with van der Waals surface area (Å²) in [4.78, 5) is 3.80. The van der Waals surface area contributed by atoms with Gasteiger partial charge in [0.05, 0.1) is 18.1 Å².